The normalized spacial score (nSPS) is 21.0. The Morgan fingerprint density at radius 1 is 1.36 bits per heavy atom. The first-order valence-electron chi connectivity index (χ1n) is 8.71. The maximum atomic E-state index is 12.8. The van der Waals surface area contributed by atoms with Crippen molar-refractivity contribution in [2.24, 2.45) is 7.05 Å². The van der Waals surface area contributed by atoms with Crippen LogP contribution >= 0.6 is 0 Å². The van der Waals surface area contributed by atoms with Gasteiger partial charge < -0.3 is 9.64 Å². The van der Waals surface area contributed by atoms with Crippen LogP contribution < -0.4 is 0 Å². The largest absolute Gasteiger partial charge is 0.379 e. The lowest BCUT2D eigenvalue weighted by Gasteiger charge is -2.40. The average Bonchev–Trinajstić information content (AvgIpc) is 3.06. The SMILES string of the molecule is CO[C@H]1CCCN(C(=O)/C=C/c2cnn(C)c2)[C@H]1Cc1ccccc1. The maximum Gasteiger partial charge on any atom is 0.246 e. The van der Waals surface area contributed by atoms with Gasteiger partial charge in [-0.2, -0.15) is 5.10 Å². The average molecular weight is 339 g/mol. The van der Waals surface area contributed by atoms with Crippen LogP contribution in [0.2, 0.25) is 0 Å². The van der Waals surface area contributed by atoms with Gasteiger partial charge >= 0.3 is 0 Å². The number of benzene rings is 1. The zero-order valence-electron chi connectivity index (χ0n) is 14.8. The van der Waals surface area contributed by atoms with Crippen LogP contribution in [0.4, 0.5) is 0 Å². The highest BCUT2D eigenvalue weighted by atomic mass is 16.5. The lowest BCUT2D eigenvalue weighted by molar-refractivity contribution is -0.134. The molecule has 0 N–H and O–H groups in total. The van der Waals surface area contributed by atoms with Crippen molar-refractivity contribution >= 4 is 12.0 Å². The molecule has 1 aliphatic heterocycles. The minimum absolute atomic E-state index is 0.0338. The fourth-order valence-electron chi connectivity index (χ4n) is 3.46. The Kier molecular flexibility index (Phi) is 5.66. The lowest BCUT2D eigenvalue weighted by atomic mass is 9.92. The standard InChI is InChI=1S/C20H25N3O2/c1-22-15-17(14-21-22)10-11-20(24)23-12-6-9-19(25-2)18(23)13-16-7-4-3-5-8-16/h3-5,7-8,10-11,14-15,18-19H,6,9,12-13H2,1-2H3/b11-10+/t18-,19-/m0/s1. The van der Waals surface area contributed by atoms with Crippen molar-refractivity contribution in [3.63, 3.8) is 0 Å². The molecule has 3 rings (SSSR count). The third kappa shape index (κ3) is 4.37. The van der Waals surface area contributed by atoms with Gasteiger partial charge in [0.25, 0.3) is 0 Å². The number of carbonyl (C=O) groups is 1. The molecule has 0 spiro atoms. The second kappa shape index (κ2) is 8.12. The molecule has 1 aliphatic rings. The fraction of sp³-hybridized carbons (Fsp3) is 0.400. The highest BCUT2D eigenvalue weighted by molar-refractivity contribution is 5.92. The number of hydrogen-bond donors (Lipinski definition) is 0. The van der Waals surface area contributed by atoms with Crippen molar-refractivity contribution in [3.8, 4) is 0 Å². The predicted octanol–water partition coefficient (Wildman–Crippen LogP) is 2.68. The summed E-state index contributed by atoms with van der Waals surface area (Å²) in [6.07, 6.45) is 9.95. The first kappa shape index (κ1) is 17.4. The summed E-state index contributed by atoms with van der Waals surface area (Å²) in [4.78, 5) is 14.8. The van der Waals surface area contributed by atoms with Gasteiger partial charge in [0.2, 0.25) is 5.91 Å². The van der Waals surface area contributed by atoms with Gasteiger partial charge in [-0.1, -0.05) is 30.3 Å². The molecule has 0 aliphatic carbocycles. The Balaban J connectivity index is 1.76. The van der Waals surface area contributed by atoms with Crippen LogP contribution in [-0.4, -0.2) is 46.4 Å². The zero-order valence-corrected chi connectivity index (χ0v) is 14.8. The molecular formula is C20H25N3O2. The van der Waals surface area contributed by atoms with E-state index in [4.69, 9.17) is 4.74 Å². The molecule has 5 nitrogen and oxygen atoms in total. The molecule has 0 unspecified atom stereocenters. The number of methoxy groups -OCH3 is 1. The van der Waals surface area contributed by atoms with E-state index in [9.17, 15) is 4.79 Å². The Labute approximate surface area is 148 Å². The number of aromatic nitrogens is 2. The third-order valence-corrected chi connectivity index (χ3v) is 4.73. The van der Waals surface area contributed by atoms with Gasteiger partial charge in [0, 0.05) is 38.5 Å². The van der Waals surface area contributed by atoms with Crippen LogP contribution in [-0.2, 0) is 23.0 Å². The Morgan fingerprint density at radius 3 is 2.84 bits per heavy atom. The highest BCUT2D eigenvalue weighted by Crippen LogP contribution is 2.24. The summed E-state index contributed by atoms with van der Waals surface area (Å²) in [6, 6.07) is 10.4. The zero-order chi connectivity index (χ0) is 17.6. The number of ether oxygens (including phenoxy) is 1. The molecule has 132 valence electrons. The number of amides is 1. The monoisotopic (exact) mass is 339 g/mol. The van der Waals surface area contributed by atoms with Crippen molar-refractivity contribution in [3.05, 3.63) is 59.9 Å². The highest BCUT2D eigenvalue weighted by Gasteiger charge is 2.33. The van der Waals surface area contributed by atoms with Crippen molar-refractivity contribution in [1.82, 2.24) is 14.7 Å². The van der Waals surface area contributed by atoms with E-state index in [0.717, 1.165) is 31.4 Å². The van der Waals surface area contributed by atoms with E-state index in [2.05, 4.69) is 17.2 Å². The predicted molar refractivity (Wildman–Crippen MR) is 97.9 cm³/mol. The van der Waals surface area contributed by atoms with Crippen molar-refractivity contribution in [2.75, 3.05) is 13.7 Å². The number of hydrogen-bond acceptors (Lipinski definition) is 3. The maximum absolute atomic E-state index is 12.8. The van der Waals surface area contributed by atoms with Gasteiger partial charge in [0.1, 0.15) is 0 Å². The third-order valence-electron chi connectivity index (χ3n) is 4.73. The quantitative estimate of drug-likeness (QED) is 0.787. The Bertz CT molecular complexity index is 724. The van der Waals surface area contributed by atoms with Gasteiger partial charge in [-0.25, -0.2) is 0 Å². The molecule has 25 heavy (non-hydrogen) atoms. The summed E-state index contributed by atoms with van der Waals surface area (Å²) in [5, 5.41) is 4.12. The summed E-state index contributed by atoms with van der Waals surface area (Å²) in [5.41, 5.74) is 2.15. The molecule has 1 aromatic heterocycles. The second-order valence-corrected chi connectivity index (χ2v) is 6.49. The van der Waals surface area contributed by atoms with Crippen LogP contribution in [0.15, 0.2) is 48.8 Å². The number of aryl methyl sites for hydroxylation is 1. The first-order valence-corrected chi connectivity index (χ1v) is 8.71. The summed E-state index contributed by atoms with van der Waals surface area (Å²) in [7, 11) is 3.60. The van der Waals surface area contributed by atoms with Crippen LogP contribution in [0.5, 0.6) is 0 Å². The van der Waals surface area contributed by atoms with E-state index < -0.39 is 0 Å². The van der Waals surface area contributed by atoms with Gasteiger partial charge in [-0.3, -0.25) is 9.48 Å². The molecule has 2 atom stereocenters. The van der Waals surface area contributed by atoms with E-state index in [1.54, 1.807) is 24.1 Å². The van der Waals surface area contributed by atoms with Crippen LogP contribution in [0.1, 0.15) is 24.0 Å². The molecule has 5 heteroatoms. The topological polar surface area (TPSA) is 47.4 Å². The van der Waals surface area contributed by atoms with Gasteiger partial charge in [0.15, 0.2) is 0 Å². The number of nitrogens with zero attached hydrogens (tertiary/aromatic N) is 3. The smallest absolute Gasteiger partial charge is 0.246 e. The van der Waals surface area contributed by atoms with E-state index in [1.165, 1.54) is 5.56 Å². The molecule has 2 aromatic rings. The molecule has 1 saturated heterocycles. The van der Waals surface area contributed by atoms with Gasteiger partial charge in [0.05, 0.1) is 18.3 Å². The Morgan fingerprint density at radius 2 is 2.16 bits per heavy atom. The van der Waals surface area contributed by atoms with Gasteiger partial charge in [-0.05, 0) is 30.9 Å². The molecule has 1 amide bonds. The fourth-order valence-corrected chi connectivity index (χ4v) is 3.46. The minimum atomic E-state index is 0.0338. The number of rotatable bonds is 5. The van der Waals surface area contributed by atoms with Crippen LogP contribution in [0.25, 0.3) is 6.08 Å². The second-order valence-electron chi connectivity index (χ2n) is 6.49. The van der Waals surface area contributed by atoms with E-state index in [0.29, 0.717) is 0 Å². The molecular weight excluding hydrogens is 314 g/mol. The molecule has 0 bridgehead atoms. The van der Waals surface area contributed by atoms with Gasteiger partial charge in [-0.15, -0.1) is 0 Å². The van der Waals surface area contributed by atoms with E-state index in [1.807, 2.05) is 42.4 Å². The number of piperidine rings is 1. The summed E-state index contributed by atoms with van der Waals surface area (Å²) < 4.78 is 7.42. The summed E-state index contributed by atoms with van der Waals surface area (Å²) >= 11 is 0. The van der Waals surface area contributed by atoms with E-state index >= 15 is 0 Å². The Hall–Kier alpha value is -2.40. The number of likely N-dealkylation sites (tertiary alicyclic amines) is 1. The van der Waals surface area contributed by atoms with Crippen molar-refractivity contribution in [1.29, 1.82) is 0 Å². The first-order chi connectivity index (χ1) is 12.2. The lowest BCUT2D eigenvalue weighted by Crippen LogP contribution is -2.52. The molecule has 1 fully saturated rings. The van der Waals surface area contributed by atoms with E-state index in [-0.39, 0.29) is 18.1 Å². The summed E-state index contributed by atoms with van der Waals surface area (Å²) in [5.74, 6) is 0.0338. The van der Waals surface area contributed by atoms with Crippen molar-refractivity contribution < 1.29 is 9.53 Å². The number of carbonyl (C=O) groups excluding carboxylic acids is 1. The molecule has 0 saturated carbocycles. The van der Waals surface area contributed by atoms with Crippen LogP contribution in [0.3, 0.4) is 0 Å². The summed E-state index contributed by atoms with van der Waals surface area (Å²) in [6.45, 7) is 0.771. The van der Waals surface area contributed by atoms with Crippen LogP contribution in [0, 0.1) is 0 Å². The molecule has 1 aromatic carbocycles. The minimum Gasteiger partial charge on any atom is -0.379 e. The molecule has 0 radical (unpaired) electrons. The molecule has 2 heterocycles. The van der Waals surface area contributed by atoms with Crippen molar-refractivity contribution in [2.45, 2.75) is 31.4 Å².